The lowest BCUT2D eigenvalue weighted by Crippen LogP contribution is -2.41. The molecular formula is C34H41ClN2O5. The molecule has 6 rings (SSSR count). The number of nitrogens with zero attached hydrogens (tertiary/aromatic N) is 1. The Bertz CT molecular complexity index is 1380. The Morgan fingerprint density at radius 1 is 0.952 bits per heavy atom. The van der Waals surface area contributed by atoms with Crippen LogP contribution in [0.3, 0.4) is 0 Å². The summed E-state index contributed by atoms with van der Waals surface area (Å²) in [4.78, 5) is 2.52. The number of benzene rings is 3. The molecule has 0 spiro atoms. The quantitative estimate of drug-likeness (QED) is 0.308. The predicted molar refractivity (Wildman–Crippen MR) is 165 cm³/mol. The molecule has 3 heterocycles. The molecule has 224 valence electrons. The Morgan fingerprint density at radius 3 is 2.67 bits per heavy atom. The van der Waals surface area contributed by atoms with Gasteiger partial charge in [-0.2, -0.15) is 0 Å². The van der Waals surface area contributed by atoms with Crippen molar-refractivity contribution < 1.29 is 23.7 Å². The number of hydrogen-bond acceptors (Lipinski definition) is 7. The van der Waals surface area contributed by atoms with Gasteiger partial charge in [0.1, 0.15) is 44.0 Å². The molecule has 0 saturated carbocycles. The number of piperidine rings is 1. The zero-order valence-electron chi connectivity index (χ0n) is 24.6. The average Bonchev–Trinajstić information content (AvgIpc) is 3.02. The summed E-state index contributed by atoms with van der Waals surface area (Å²) in [5, 5.41) is 3.98. The van der Waals surface area contributed by atoms with Gasteiger partial charge in [0.05, 0.1) is 11.6 Å². The molecule has 3 aliphatic heterocycles. The fraction of sp³-hybridized carbons (Fsp3) is 0.471. The van der Waals surface area contributed by atoms with Gasteiger partial charge in [-0.05, 0) is 73.7 Å². The Hall–Kier alpha value is -2.97. The molecule has 3 aromatic rings. The number of morpholine rings is 1. The zero-order chi connectivity index (χ0) is 28.9. The van der Waals surface area contributed by atoms with E-state index in [9.17, 15) is 0 Å². The van der Waals surface area contributed by atoms with Crippen molar-refractivity contribution in [3.05, 3.63) is 70.2 Å². The maximum Gasteiger partial charge on any atom is 0.161 e. The van der Waals surface area contributed by atoms with Gasteiger partial charge in [0, 0.05) is 37.3 Å². The van der Waals surface area contributed by atoms with Crippen LogP contribution in [0, 0.1) is 6.92 Å². The third kappa shape index (κ3) is 6.81. The minimum Gasteiger partial charge on any atom is -0.490 e. The van der Waals surface area contributed by atoms with Crippen molar-refractivity contribution in [2.45, 2.75) is 58.4 Å². The molecule has 2 saturated heterocycles. The number of rotatable bonds is 9. The van der Waals surface area contributed by atoms with E-state index in [1.54, 1.807) is 0 Å². The second-order valence-corrected chi connectivity index (χ2v) is 11.9. The number of fused-ring (bicyclic) bond motifs is 1. The molecular weight excluding hydrogens is 552 g/mol. The predicted octanol–water partition coefficient (Wildman–Crippen LogP) is 6.41. The molecule has 0 bridgehead atoms. The van der Waals surface area contributed by atoms with Gasteiger partial charge < -0.3 is 29.0 Å². The Kier molecular flexibility index (Phi) is 9.40. The topological polar surface area (TPSA) is 61.4 Å². The summed E-state index contributed by atoms with van der Waals surface area (Å²) in [7, 11) is 0. The van der Waals surface area contributed by atoms with Crippen molar-refractivity contribution in [2.24, 2.45) is 0 Å². The lowest BCUT2D eigenvalue weighted by Gasteiger charge is -2.34. The molecule has 42 heavy (non-hydrogen) atoms. The van der Waals surface area contributed by atoms with Crippen LogP contribution in [-0.4, -0.2) is 63.1 Å². The van der Waals surface area contributed by atoms with Crippen LogP contribution in [0.1, 0.15) is 42.9 Å². The van der Waals surface area contributed by atoms with Crippen molar-refractivity contribution in [1.82, 2.24) is 10.2 Å². The van der Waals surface area contributed by atoms with E-state index in [0.29, 0.717) is 49.8 Å². The van der Waals surface area contributed by atoms with Crippen LogP contribution in [0.25, 0.3) is 11.1 Å². The van der Waals surface area contributed by atoms with E-state index in [1.807, 2.05) is 18.2 Å². The van der Waals surface area contributed by atoms with E-state index in [2.05, 4.69) is 54.4 Å². The Balaban J connectivity index is 1.21. The highest BCUT2D eigenvalue weighted by atomic mass is 35.5. The van der Waals surface area contributed by atoms with Crippen LogP contribution in [0.5, 0.6) is 23.0 Å². The number of hydrogen-bond donors (Lipinski definition) is 1. The van der Waals surface area contributed by atoms with E-state index < -0.39 is 0 Å². The van der Waals surface area contributed by atoms with Crippen molar-refractivity contribution in [3.8, 4) is 34.1 Å². The highest BCUT2D eigenvalue weighted by molar-refractivity contribution is 6.32. The summed E-state index contributed by atoms with van der Waals surface area (Å²) < 4.78 is 30.2. The van der Waals surface area contributed by atoms with Crippen molar-refractivity contribution in [2.75, 3.05) is 46.1 Å². The Morgan fingerprint density at radius 2 is 1.83 bits per heavy atom. The Labute approximate surface area is 254 Å². The summed E-state index contributed by atoms with van der Waals surface area (Å²) in [5.41, 5.74) is 5.55. The van der Waals surface area contributed by atoms with E-state index in [-0.39, 0.29) is 6.10 Å². The number of likely N-dealkylation sites (tertiary alicyclic amines) is 1. The van der Waals surface area contributed by atoms with Gasteiger partial charge in [-0.1, -0.05) is 42.3 Å². The smallest absolute Gasteiger partial charge is 0.161 e. The van der Waals surface area contributed by atoms with Crippen molar-refractivity contribution >= 4 is 11.6 Å². The molecule has 3 aromatic carbocycles. The van der Waals surface area contributed by atoms with Crippen LogP contribution < -0.4 is 24.3 Å². The fourth-order valence-electron chi connectivity index (χ4n) is 5.98. The minimum atomic E-state index is 0.0199. The number of nitrogens with one attached hydrogen (secondary N) is 1. The van der Waals surface area contributed by atoms with Crippen LogP contribution in [-0.2, 0) is 17.9 Å². The fourth-order valence-corrected chi connectivity index (χ4v) is 6.23. The monoisotopic (exact) mass is 592 g/mol. The van der Waals surface area contributed by atoms with Gasteiger partial charge in [0.25, 0.3) is 0 Å². The van der Waals surface area contributed by atoms with Crippen LogP contribution >= 0.6 is 11.6 Å². The first-order valence-corrected chi connectivity index (χ1v) is 15.6. The summed E-state index contributed by atoms with van der Waals surface area (Å²) in [5.74, 6) is 3.00. The van der Waals surface area contributed by atoms with Gasteiger partial charge in [0.2, 0.25) is 0 Å². The molecule has 1 N–H and O–H groups in total. The SMILES string of the molecule is Cc1c(COc2cc(OCC3CNCCO3)c(CN3CCCC[C@H]3C)cc2Cl)cccc1-c1ccc2c(c1)OCCO2. The number of ether oxygens (including phenoxy) is 5. The number of halogens is 1. The van der Waals surface area contributed by atoms with Crippen LogP contribution in [0.4, 0.5) is 0 Å². The summed E-state index contributed by atoms with van der Waals surface area (Å²) >= 11 is 6.85. The van der Waals surface area contributed by atoms with E-state index in [1.165, 1.54) is 19.3 Å². The molecule has 8 heteroatoms. The van der Waals surface area contributed by atoms with E-state index >= 15 is 0 Å². The molecule has 2 fully saturated rings. The van der Waals surface area contributed by atoms with E-state index in [4.69, 9.17) is 35.3 Å². The molecule has 3 aliphatic rings. The standard InChI is InChI=1S/C34H41ClN2O5/c1-23-6-3-4-12-37(23)20-27-16-30(35)33(18-32(27)42-22-28-19-36-11-13-38-28)41-21-26-7-5-8-29(24(26)2)25-9-10-31-34(17-25)40-15-14-39-31/h5,7-10,16-18,23,28,36H,3-4,6,11-15,19-22H2,1-2H3/t23-,28?/m1/s1. The van der Waals surface area contributed by atoms with Gasteiger partial charge in [0.15, 0.2) is 11.5 Å². The first-order valence-electron chi connectivity index (χ1n) is 15.2. The average molecular weight is 593 g/mol. The molecule has 0 amide bonds. The zero-order valence-corrected chi connectivity index (χ0v) is 25.4. The lowest BCUT2D eigenvalue weighted by molar-refractivity contribution is -0.000256. The largest absolute Gasteiger partial charge is 0.490 e. The summed E-state index contributed by atoms with van der Waals surface area (Å²) in [6.07, 6.45) is 3.75. The summed E-state index contributed by atoms with van der Waals surface area (Å²) in [6.45, 7) is 10.7. The second-order valence-electron chi connectivity index (χ2n) is 11.5. The minimum absolute atomic E-state index is 0.0199. The van der Waals surface area contributed by atoms with E-state index in [0.717, 1.165) is 71.2 Å². The molecule has 0 aliphatic carbocycles. The van der Waals surface area contributed by atoms with Gasteiger partial charge in [-0.3, -0.25) is 4.90 Å². The first kappa shape index (κ1) is 29.1. The summed E-state index contributed by atoms with van der Waals surface area (Å²) in [6, 6.07) is 16.9. The van der Waals surface area contributed by atoms with Gasteiger partial charge >= 0.3 is 0 Å². The van der Waals surface area contributed by atoms with Gasteiger partial charge in [-0.25, -0.2) is 0 Å². The van der Waals surface area contributed by atoms with Crippen molar-refractivity contribution in [1.29, 1.82) is 0 Å². The van der Waals surface area contributed by atoms with Crippen molar-refractivity contribution in [3.63, 3.8) is 0 Å². The maximum atomic E-state index is 6.85. The van der Waals surface area contributed by atoms with Gasteiger partial charge in [-0.15, -0.1) is 0 Å². The lowest BCUT2D eigenvalue weighted by atomic mass is 9.96. The third-order valence-electron chi connectivity index (χ3n) is 8.54. The van der Waals surface area contributed by atoms with Crippen LogP contribution in [0.2, 0.25) is 5.02 Å². The highest BCUT2D eigenvalue weighted by Crippen LogP contribution is 2.38. The molecule has 0 radical (unpaired) electrons. The maximum absolute atomic E-state index is 6.85. The second kappa shape index (κ2) is 13.6. The third-order valence-corrected chi connectivity index (χ3v) is 8.84. The molecule has 0 aromatic heterocycles. The highest BCUT2D eigenvalue weighted by Gasteiger charge is 2.23. The van der Waals surface area contributed by atoms with Crippen LogP contribution in [0.15, 0.2) is 48.5 Å². The molecule has 1 unspecified atom stereocenters. The first-order chi connectivity index (χ1) is 20.5. The molecule has 7 nitrogen and oxygen atoms in total. The normalized spacial score (nSPS) is 20.7. The molecule has 2 atom stereocenters.